The van der Waals surface area contributed by atoms with Gasteiger partial charge in [-0.3, -0.25) is 0 Å². The van der Waals surface area contributed by atoms with Crippen LogP contribution in [0.15, 0.2) is 29.2 Å². The van der Waals surface area contributed by atoms with E-state index >= 15 is 0 Å². The third kappa shape index (κ3) is 1.46. The summed E-state index contributed by atoms with van der Waals surface area (Å²) in [5.41, 5.74) is 1.08. The third-order valence-electron chi connectivity index (χ3n) is 3.51. The molecule has 1 unspecified atom stereocenters. The minimum absolute atomic E-state index is 0.141. The molecule has 1 aliphatic rings. The number of nitrogens with zero attached hydrogens (tertiary/aromatic N) is 1. The van der Waals surface area contributed by atoms with E-state index < -0.39 is 0 Å². The van der Waals surface area contributed by atoms with Crippen LogP contribution in [0.1, 0.15) is 25.8 Å². The fourth-order valence-electron chi connectivity index (χ4n) is 2.24. The molecule has 1 aliphatic carbocycles. The van der Waals surface area contributed by atoms with Gasteiger partial charge in [0, 0.05) is 4.90 Å². The van der Waals surface area contributed by atoms with E-state index in [1.165, 1.54) is 10.5 Å². The van der Waals surface area contributed by atoms with Crippen LogP contribution in [0.25, 0.3) is 0 Å². The molecule has 2 rings (SSSR count). The van der Waals surface area contributed by atoms with E-state index in [9.17, 15) is 5.26 Å². The number of hydrogen-bond donors (Lipinski definition) is 0. The van der Waals surface area contributed by atoms with Gasteiger partial charge in [-0.1, -0.05) is 26.0 Å². The fraction of sp³-hybridized carbons (Fsp3) is 0.462. The van der Waals surface area contributed by atoms with E-state index in [2.05, 4.69) is 50.4 Å². The fourth-order valence-corrected chi connectivity index (χ4v) is 2.65. The summed E-state index contributed by atoms with van der Waals surface area (Å²) in [7, 11) is 0. The summed E-state index contributed by atoms with van der Waals surface area (Å²) in [6.45, 7) is 4.33. The van der Waals surface area contributed by atoms with Crippen LogP contribution in [-0.2, 0) is 5.41 Å². The molecule has 1 atom stereocenters. The van der Waals surface area contributed by atoms with Crippen LogP contribution >= 0.6 is 11.8 Å². The molecule has 1 nitrogen and oxygen atoms in total. The SMILES string of the molecule is CSc1ccc(C2(C#N)CC2(C)C)cc1. The van der Waals surface area contributed by atoms with Gasteiger partial charge in [-0.25, -0.2) is 0 Å². The van der Waals surface area contributed by atoms with Gasteiger partial charge in [0.15, 0.2) is 0 Å². The zero-order valence-electron chi connectivity index (χ0n) is 9.37. The Bertz CT molecular complexity index is 413. The van der Waals surface area contributed by atoms with E-state index in [1.54, 1.807) is 11.8 Å². The topological polar surface area (TPSA) is 23.8 Å². The first-order valence-corrected chi connectivity index (χ1v) is 6.34. The Morgan fingerprint density at radius 3 is 2.13 bits per heavy atom. The highest BCUT2D eigenvalue weighted by Gasteiger charge is 2.62. The predicted octanol–water partition coefficient (Wildman–Crippen LogP) is 3.60. The van der Waals surface area contributed by atoms with Gasteiger partial charge in [0.05, 0.1) is 11.5 Å². The van der Waals surface area contributed by atoms with E-state index in [0.29, 0.717) is 0 Å². The summed E-state index contributed by atoms with van der Waals surface area (Å²) in [5, 5.41) is 9.32. The van der Waals surface area contributed by atoms with Gasteiger partial charge in [0.2, 0.25) is 0 Å². The molecule has 0 saturated heterocycles. The normalized spacial score (nSPS) is 27.1. The van der Waals surface area contributed by atoms with Gasteiger partial charge in [-0.15, -0.1) is 11.8 Å². The second kappa shape index (κ2) is 3.28. The Labute approximate surface area is 95.5 Å². The Morgan fingerprint density at radius 2 is 1.80 bits per heavy atom. The lowest BCUT2D eigenvalue weighted by atomic mass is 9.89. The van der Waals surface area contributed by atoms with Gasteiger partial charge in [0.25, 0.3) is 0 Å². The number of thioether (sulfide) groups is 1. The van der Waals surface area contributed by atoms with Crippen LogP contribution in [0.4, 0.5) is 0 Å². The molecule has 1 aromatic rings. The second-order valence-corrected chi connectivity index (χ2v) is 5.69. The monoisotopic (exact) mass is 217 g/mol. The van der Waals surface area contributed by atoms with Crippen molar-refractivity contribution in [2.45, 2.75) is 30.6 Å². The molecule has 0 aliphatic heterocycles. The molecule has 2 heteroatoms. The summed E-state index contributed by atoms with van der Waals surface area (Å²) >= 11 is 1.73. The summed E-state index contributed by atoms with van der Waals surface area (Å²) < 4.78 is 0. The molecular weight excluding hydrogens is 202 g/mol. The molecule has 0 aromatic heterocycles. The van der Waals surface area contributed by atoms with Crippen molar-refractivity contribution in [1.29, 1.82) is 5.26 Å². The molecule has 15 heavy (non-hydrogen) atoms. The van der Waals surface area contributed by atoms with E-state index in [0.717, 1.165) is 6.42 Å². The zero-order valence-corrected chi connectivity index (χ0v) is 10.2. The maximum absolute atomic E-state index is 9.32. The molecular formula is C13H15NS. The van der Waals surface area contributed by atoms with Gasteiger partial charge in [-0.05, 0) is 35.8 Å². The lowest BCUT2D eigenvalue weighted by Crippen LogP contribution is -2.11. The molecule has 0 bridgehead atoms. The molecule has 0 spiro atoms. The van der Waals surface area contributed by atoms with Gasteiger partial charge in [-0.2, -0.15) is 5.26 Å². The number of rotatable bonds is 2. The van der Waals surface area contributed by atoms with Gasteiger partial charge < -0.3 is 0 Å². The Morgan fingerprint density at radius 1 is 1.27 bits per heavy atom. The first-order chi connectivity index (χ1) is 7.05. The van der Waals surface area contributed by atoms with Crippen LogP contribution < -0.4 is 0 Å². The van der Waals surface area contributed by atoms with Crippen molar-refractivity contribution in [3.8, 4) is 6.07 Å². The Kier molecular flexibility index (Phi) is 2.31. The van der Waals surface area contributed by atoms with Crippen LogP contribution in [0.3, 0.4) is 0 Å². The summed E-state index contributed by atoms with van der Waals surface area (Å²) in [5.74, 6) is 0. The Hall–Kier alpha value is -0.940. The standard InChI is InChI=1S/C13H15NS/c1-12(2)8-13(12,9-14)10-4-6-11(15-3)7-5-10/h4-7H,8H2,1-3H3. The molecule has 0 heterocycles. The zero-order chi connectivity index (χ0) is 11.1. The summed E-state index contributed by atoms with van der Waals surface area (Å²) in [4.78, 5) is 1.25. The number of hydrogen-bond acceptors (Lipinski definition) is 2. The van der Waals surface area contributed by atoms with Crippen LogP contribution in [0, 0.1) is 16.7 Å². The second-order valence-electron chi connectivity index (χ2n) is 4.81. The predicted molar refractivity (Wildman–Crippen MR) is 63.9 cm³/mol. The summed E-state index contributed by atoms with van der Waals surface area (Å²) in [6, 6.07) is 10.9. The maximum atomic E-state index is 9.32. The van der Waals surface area contributed by atoms with Crippen molar-refractivity contribution in [3.63, 3.8) is 0 Å². The lowest BCUT2D eigenvalue weighted by Gasteiger charge is -2.12. The minimum atomic E-state index is -0.232. The average Bonchev–Trinajstić information content (AvgIpc) is 2.82. The van der Waals surface area contributed by atoms with Crippen molar-refractivity contribution in [2.24, 2.45) is 5.41 Å². The third-order valence-corrected chi connectivity index (χ3v) is 4.25. The highest BCUT2D eigenvalue weighted by Crippen LogP contribution is 2.63. The van der Waals surface area contributed by atoms with E-state index in [1.807, 2.05) is 0 Å². The van der Waals surface area contributed by atoms with Gasteiger partial charge in [0.1, 0.15) is 0 Å². The van der Waals surface area contributed by atoms with Crippen LogP contribution in [0.2, 0.25) is 0 Å². The number of nitriles is 1. The van der Waals surface area contributed by atoms with Crippen molar-refractivity contribution in [2.75, 3.05) is 6.26 Å². The van der Waals surface area contributed by atoms with Crippen molar-refractivity contribution in [3.05, 3.63) is 29.8 Å². The quantitative estimate of drug-likeness (QED) is 0.707. The van der Waals surface area contributed by atoms with E-state index in [4.69, 9.17) is 0 Å². The molecule has 0 radical (unpaired) electrons. The minimum Gasteiger partial charge on any atom is -0.197 e. The van der Waals surface area contributed by atoms with E-state index in [-0.39, 0.29) is 10.8 Å². The molecule has 1 aromatic carbocycles. The molecule has 1 fully saturated rings. The number of benzene rings is 1. The van der Waals surface area contributed by atoms with Crippen molar-refractivity contribution >= 4 is 11.8 Å². The Balaban J connectivity index is 2.36. The molecule has 78 valence electrons. The smallest absolute Gasteiger partial charge is 0.0879 e. The average molecular weight is 217 g/mol. The maximum Gasteiger partial charge on any atom is 0.0879 e. The first kappa shape index (κ1) is 10.6. The molecule has 0 amide bonds. The largest absolute Gasteiger partial charge is 0.197 e. The highest BCUT2D eigenvalue weighted by molar-refractivity contribution is 7.98. The van der Waals surface area contributed by atoms with Crippen LogP contribution in [-0.4, -0.2) is 6.26 Å². The highest BCUT2D eigenvalue weighted by atomic mass is 32.2. The summed E-state index contributed by atoms with van der Waals surface area (Å²) in [6.07, 6.45) is 3.05. The van der Waals surface area contributed by atoms with Crippen LogP contribution in [0.5, 0.6) is 0 Å². The van der Waals surface area contributed by atoms with Crippen molar-refractivity contribution in [1.82, 2.24) is 0 Å². The molecule has 1 saturated carbocycles. The first-order valence-electron chi connectivity index (χ1n) is 5.11. The molecule has 0 N–H and O–H groups in total. The lowest BCUT2D eigenvalue weighted by molar-refractivity contribution is 0.570. The van der Waals surface area contributed by atoms with Gasteiger partial charge >= 0.3 is 0 Å². The van der Waals surface area contributed by atoms with Crippen molar-refractivity contribution < 1.29 is 0 Å².